The number of aryl methyl sites for hydroxylation is 1. The van der Waals surface area contributed by atoms with Crippen molar-refractivity contribution in [1.82, 2.24) is 10.0 Å². The van der Waals surface area contributed by atoms with Gasteiger partial charge in [0, 0.05) is 22.2 Å². The molecule has 1 saturated carbocycles. The first-order valence-electron chi connectivity index (χ1n) is 16.3. The molecule has 0 atom stereocenters. The molecule has 0 unspecified atom stereocenters. The van der Waals surface area contributed by atoms with Crippen LogP contribution in [0.25, 0.3) is 10.8 Å². The van der Waals surface area contributed by atoms with Crippen molar-refractivity contribution in [2.45, 2.75) is 69.4 Å². The Hall–Kier alpha value is -4.99. The summed E-state index contributed by atoms with van der Waals surface area (Å²) in [5.74, 6) is 0.914. The average molecular weight is 750 g/mol. The predicted octanol–water partition coefficient (Wildman–Crippen LogP) is 7.91. The second-order valence-electron chi connectivity index (χ2n) is 12.7. The van der Waals surface area contributed by atoms with E-state index in [1.165, 1.54) is 4.72 Å². The predicted molar refractivity (Wildman–Crippen MR) is 179 cm³/mol. The zero-order valence-electron chi connectivity index (χ0n) is 28.1. The molecular formula is C36H33F6N3O6S. The Morgan fingerprint density at radius 2 is 1.50 bits per heavy atom. The number of fused-ring (bicyclic) bond motifs is 3. The molecule has 1 aliphatic carbocycles. The lowest BCUT2D eigenvalue weighted by Gasteiger charge is -2.22. The molecule has 0 aromatic heterocycles. The Bertz CT molecular complexity index is 2170. The van der Waals surface area contributed by atoms with Gasteiger partial charge in [0.05, 0.1) is 36.4 Å². The number of nitrogens with zero attached hydrogens (tertiary/aromatic N) is 1. The Balaban J connectivity index is 1.22. The van der Waals surface area contributed by atoms with Gasteiger partial charge in [0.2, 0.25) is 0 Å². The molecule has 4 aromatic rings. The molecule has 0 spiro atoms. The number of benzene rings is 4. The second-order valence-corrected chi connectivity index (χ2v) is 14.3. The monoisotopic (exact) mass is 749 g/mol. The van der Waals surface area contributed by atoms with Crippen LogP contribution in [-0.2, 0) is 35.3 Å². The van der Waals surface area contributed by atoms with E-state index in [4.69, 9.17) is 9.47 Å². The van der Waals surface area contributed by atoms with E-state index in [-0.39, 0.29) is 31.0 Å². The fraction of sp³-hybridized carbons (Fsp3) is 0.333. The van der Waals surface area contributed by atoms with E-state index in [2.05, 4.69) is 5.32 Å². The minimum Gasteiger partial charge on any atom is -0.493 e. The molecule has 0 radical (unpaired) electrons. The first kappa shape index (κ1) is 36.8. The second kappa shape index (κ2) is 13.2. The molecule has 16 heteroatoms. The fourth-order valence-corrected chi connectivity index (χ4v) is 8.02. The number of sulfonamides is 1. The lowest BCUT2D eigenvalue weighted by Crippen LogP contribution is -2.47. The number of halogens is 6. The third kappa shape index (κ3) is 6.95. The summed E-state index contributed by atoms with van der Waals surface area (Å²) in [4.78, 5) is 26.5. The third-order valence-electron chi connectivity index (χ3n) is 9.02. The summed E-state index contributed by atoms with van der Waals surface area (Å²) in [5.41, 5.74) is -1.92. The molecular weight excluding hydrogens is 716 g/mol. The topological polar surface area (TPSA) is 114 Å². The third-order valence-corrected chi connectivity index (χ3v) is 10.4. The van der Waals surface area contributed by atoms with E-state index < -0.39 is 50.0 Å². The zero-order valence-corrected chi connectivity index (χ0v) is 28.9. The highest BCUT2D eigenvalue weighted by Gasteiger charge is 2.47. The number of rotatable bonds is 10. The van der Waals surface area contributed by atoms with Gasteiger partial charge in [0.1, 0.15) is 16.4 Å². The van der Waals surface area contributed by atoms with Gasteiger partial charge in [-0.3, -0.25) is 4.79 Å². The molecule has 1 heterocycles. The minimum absolute atomic E-state index is 0.166. The summed E-state index contributed by atoms with van der Waals surface area (Å²) in [7, 11) is -5.64. The number of nitrogens with one attached hydrogen (secondary N) is 2. The number of carbonyl (C=O) groups excluding carboxylic acids is 2. The fourth-order valence-electron chi connectivity index (χ4n) is 6.68. The highest BCUT2D eigenvalue weighted by atomic mass is 32.2. The summed E-state index contributed by atoms with van der Waals surface area (Å²) in [6.45, 7) is 6.52. The maximum absolute atomic E-state index is 14.1. The largest absolute Gasteiger partial charge is 0.493 e. The van der Waals surface area contributed by atoms with Gasteiger partial charge in [-0.1, -0.05) is 30.3 Å². The highest BCUT2D eigenvalue weighted by Crippen LogP contribution is 2.45. The maximum Gasteiger partial charge on any atom is 0.417 e. The van der Waals surface area contributed by atoms with Crippen molar-refractivity contribution in [3.05, 3.63) is 94.0 Å². The number of hydrogen-bond acceptors (Lipinski definition) is 6. The Labute approximate surface area is 294 Å². The van der Waals surface area contributed by atoms with Crippen LogP contribution in [0.1, 0.15) is 64.9 Å². The zero-order chi connectivity index (χ0) is 37.8. The van der Waals surface area contributed by atoms with Crippen LogP contribution < -0.4 is 24.4 Å². The van der Waals surface area contributed by atoms with Gasteiger partial charge in [0.25, 0.3) is 15.9 Å². The minimum atomic E-state index is -5.64. The lowest BCUT2D eigenvalue weighted by atomic mass is 9.98. The molecule has 2 aliphatic rings. The molecule has 1 fully saturated rings. The van der Waals surface area contributed by atoms with Crippen LogP contribution in [0.3, 0.4) is 0 Å². The number of hydrogen-bond donors (Lipinski definition) is 2. The van der Waals surface area contributed by atoms with E-state index >= 15 is 0 Å². The molecule has 4 aromatic carbocycles. The molecule has 3 amide bonds. The van der Waals surface area contributed by atoms with Crippen molar-refractivity contribution in [3.63, 3.8) is 0 Å². The Morgan fingerprint density at radius 3 is 2.08 bits per heavy atom. The van der Waals surface area contributed by atoms with Crippen molar-refractivity contribution < 1.29 is 53.8 Å². The van der Waals surface area contributed by atoms with Crippen molar-refractivity contribution in [2.75, 3.05) is 18.1 Å². The molecule has 2 N–H and O–H groups in total. The number of carbonyl (C=O) groups is 2. The first-order valence-corrected chi connectivity index (χ1v) is 17.8. The van der Waals surface area contributed by atoms with Crippen molar-refractivity contribution >= 4 is 38.4 Å². The number of alkyl halides is 6. The molecule has 52 heavy (non-hydrogen) atoms. The summed E-state index contributed by atoms with van der Waals surface area (Å²) in [5, 5.41) is 3.91. The maximum atomic E-state index is 14.1. The lowest BCUT2D eigenvalue weighted by molar-refractivity contribution is -0.147. The van der Waals surface area contributed by atoms with Gasteiger partial charge in [-0.05, 0) is 86.9 Å². The smallest absolute Gasteiger partial charge is 0.417 e. The van der Waals surface area contributed by atoms with Gasteiger partial charge < -0.3 is 19.7 Å². The van der Waals surface area contributed by atoms with E-state index in [0.717, 1.165) is 10.9 Å². The molecule has 9 nitrogen and oxygen atoms in total. The normalized spacial score (nSPS) is 15.4. The average Bonchev–Trinajstić information content (AvgIpc) is 3.71. The number of urea groups is 1. The van der Waals surface area contributed by atoms with Crippen LogP contribution in [0, 0.1) is 6.92 Å². The molecule has 0 saturated heterocycles. The first-order chi connectivity index (χ1) is 24.4. The van der Waals surface area contributed by atoms with Gasteiger partial charge in [0.15, 0.2) is 0 Å². The van der Waals surface area contributed by atoms with Gasteiger partial charge in [-0.2, -0.15) is 26.3 Å². The molecule has 0 bridgehead atoms. The van der Waals surface area contributed by atoms with Crippen LogP contribution in [0.2, 0.25) is 0 Å². The van der Waals surface area contributed by atoms with Crippen molar-refractivity contribution in [2.24, 2.45) is 0 Å². The number of anilines is 1. The van der Waals surface area contributed by atoms with Crippen LogP contribution in [0.4, 0.5) is 36.8 Å². The van der Waals surface area contributed by atoms with Gasteiger partial charge >= 0.3 is 18.4 Å². The van der Waals surface area contributed by atoms with Crippen LogP contribution >= 0.6 is 0 Å². The molecule has 276 valence electrons. The Morgan fingerprint density at radius 1 is 0.885 bits per heavy atom. The standard InChI is InChI=1S/C36H33F6N3O6S/c1-4-50-27-11-6-8-22-17-28(51-5-2)23-19-45(32(46)30(23)29(22)27)26-13-12-21(16-20(26)3)18-34(14-15-34)43-33(47)44-52(48,49)31-24(35(37,38)39)9-7-10-25(31)36(40,41)42/h6-13,16-17H,4-5,14-15,18-19H2,1-3H3,(H2,43,44,47). The molecule has 1 aliphatic heterocycles. The van der Waals surface area contributed by atoms with E-state index in [9.17, 15) is 44.3 Å². The van der Waals surface area contributed by atoms with Gasteiger partial charge in [-0.15, -0.1) is 0 Å². The summed E-state index contributed by atoms with van der Waals surface area (Å²) >= 11 is 0. The van der Waals surface area contributed by atoms with E-state index in [1.807, 2.05) is 32.0 Å². The molecule has 6 rings (SSSR count). The van der Waals surface area contributed by atoms with Crippen LogP contribution in [0.5, 0.6) is 11.5 Å². The van der Waals surface area contributed by atoms with E-state index in [1.54, 1.807) is 36.1 Å². The SMILES string of the molecule is CCOc1cc2cccc(OCC)c2c2c1CN(c1ccc(CC3(NC(=O)NS(=O)(=O)c4c(C(F)(F)F)cccc4C(F)(F)F)CC3)cc1C)C2=O. The highest BCUT2D eigenvalue weighted by molar-refractivity contribution is 7.90. The quantitative estimate of drug-likeness (QED) is 0.160. The number of amides is 3. The summed E-state index contributed by atoms with van der Waals surface area (Å²) in [6, 6.07) is 12.1. The van der Waals surface area contributed by atoms with Crippen molar-refractivity contribution in [1.29, 1.82) is 0 Å². The van der Waals surface area contributed by atoms with Crippen LogP contribution in [0.15, 0.2) is 65.6 Å². The number of ether oxygens (including phenoxy) is 2. The van der Waals surface area contributed by atoms with Gasteiger partial charge in [-0.25, -0.2) is 17.9 Å². The van der Waals surface area contributed by atoms with Crippen LogP contribution in [-0.4, -0.2) is 39.1 Å². The Kier molecular flexibility index (Phi) is 9.34. The summed E-state index contributed by atoms with van der Waals surface area (Å²) < 4.78 is 121. The van der Waals surface area contributed by atoms with Crippen molar-refractivity contribution in [3.8, 4) is 11.5 Å². The summed E-state index contributed by atoms with van der Waals surface area (Å²) in [6.07, 6.45) is -10.0. The van der Waals surface area contributed by atoms with E-state index in [0.29, 0.717) is 71.4 Å².